The van der Waals surface area contributed by atoms with Gasteiger partial charge in [0.2, 0.25) is 0 Å². The van der Waals surface area contributed by atoms with Crippen LogP contribution in [0.3, 0.4) is 0 Å². The van der Waals surface area contributed by atoms with Gasteiger partial charge in [-0.2, -0.15) is 5.26 Å². The van der Waals surface area contributed by atoms with E-state index in [0.29, 0.717) is 11.1 Å². The van der Waals surface area contributed by atoms with Gasteiger partial charge in [0.25, 0.3) is 0 Å². The van der Waals surface area contributed by atoms with Crippen LogP contribution < -0.4 is 0 Å². The normalized spacial score (nSPS) is 12.1. The second kappa shape index (κ2) is 20.2. The fourth-order valence-electron chi connectivity index (χ4n) is 4.16. The zero-order valence-electron chi connectivity index (χ0n) is 20.4. The maximum absolute atomic E-state index is 13.5. The predicted molar refractivity (Wildman–Crippen MR) is 131 cm³/mol. The standard InChI is InChI=1S/C28H46FNO2/c1-2-3-4-5-6-7-8-9-10-11-12-13-14-15-16-17-18-28(23-31)32-24-26-19-25(22-30)20-27(29)21-26/h19-21,28,31H,2-18,23-24H2,1H3. The van der Waals surface area contributed by atoms with Crippen molar-refractivity contribution < 1.29 is 14.2 Å². The van der Waals surface area contributed by atoms with Crippen molar-refractivity contribution in [3.8, 4) is 6.07 Å². The number of hydrogen-bond acceptors (Lipinski definition) is 3. The number of nitriles is 1. The minimum absolute atomic E-state index is 0.0286. The Morgan fingerprint density at radius 1 is 0.812 bits per heavy atom. The molecular weight excluding hydrogens is 401 g/mol. The van der Waals surface area contributed by atoms with Crippen LogP contribution in [0.5, 0.6) is 0 Å². The third-order valence-corrected chi connectivity index (χ3v) is 6.16. The van der Waals surface area contributed by atoms with Crippen LogP contribution in [-0.2, 0) is 11.3 Å². The maximum atomic E-state index is 13.5. The molecule has 0 aliphatic rings. The van der Waals surface area contributed by atoms with E-state index < -0.39 is 5.82 Å². The summed E-state index contributed by atoms with van der Waals surface area (Å²) in [6, 6.07) is 6.17. The third kappa shape index (κ3) is 15.4. The molecule has 0 spiro atoms. The monoisotopic (exact) mass is 447 g/mol. The average Bonchev–Trinajstić information content (AvgIpc) is 2.80. The largest absolute Gasteiger partial charge is 0.394 e. The summed E-state index contributed by atoms with van der Waals surface area (Å²) in [7, 11) is 0. The van der Waals surface area contributed by atoms with E-state index in [4.69, 9.17) is 10.00 Å². The van der Waals surface area contributed by atoms with Crippen molar-refractivity contribution in [3.63, 3.8) is 0 Å². The molecule has 0 radical (unpaired) electrons. The highest BCUT2D eigenvalue weighted by atomic mass is 19.1. The summed E-state index contributed by atoms with van der Waals surface area (Å²) in [6.45, 7) is 2.46. The summed E-state index contributed by atoms with van der Waals surface area (Å²) in [5, 5.41) is 18.5. The van der Waals surface area contributed by atoms with E-state index in [-0.39, 0.29) is 19.3 Å². The lowest BCUT2D eigenvalue weighted by Crippen LogP contribution is -2.17. The summed E-state index contributed by atoms with van der Waals surface area (Å²) >= 11 is 0. The zero-order valence-corrected chi connectivity index (χ0v) is 20.4. The Kier molecular flexibility index (Phi) is 18.0. The molecule has 0 aromatic heterocycles. The Balaban J connectivity index is 1.93. The van der Waals surface area contributed by atoms with Gasteiger partial charge in [-0.3, -0.25) is 0 Å². The average molecular weight is 448 g/mol. The highest BCUT2D eigenvalue weighted by molar-refractivity contribution is 5.33. The van der Waals surface area contributed by atoms with E-state index in [1.807, 2.05) is 6.07 Å². The number of benzene rings is 1. The molecule has 32 heavy (non-hydrogen) atoms. The molecule has 4 heteroatoms. The molecule has 1 N–H and O–H groups in total. The number of hydrogen-bond donors (Lipinski definition) is 1. The van der Waals surface area contributed by atoms with Crippen LogP contribution in [-0.4, -0.2) is 17.8 Å². The highest BCUT2D eigenvalue weighted by Gasteiger charge is 2.09. The van der Waals surface area contributed by atoms with Crippen molar-refractivity contribution in [2.24, 2.45) is 0 Å². The van der Waals surface area contributed by atoms with Crippen LogP contribution in [0, 0.1) is 17.1 Å². The first-order valence-electron chi connectivity index (χ1n) is 13.1. The molecule has 0 bridgehead atoms. The lowest BCUT2D eigenvalue weighted by atomic mass is 10.0. The quantitative estimate of drug-likeness (QED) is 0.193. The second-order valence-corrected chi connectivity index (χ2v) is 9.17. The Morgan fingerprint density at radius 3 is 1.78 bits per heavy atom. The van der Waals surface area contributed by atoms with Crippen LogP contribution in [0.1, 0.15) is 127 Å². The molecule has 0 heterocycles. The Morgan fingerprint density at radius 2 is 1.31 bits per heavy atom. The number of ether oxygens (including phenoxy) is 1. The van der Waals surface area contributed by atoms with Gasteiger partial charge >= 0.3 is 0 Å². The lowest BCUT2D eigenvalue weighted by molar-refractivity contribution is -0.00357. The van der Waals surface area contributed by atoms with Crippen LogP contribution in [0.4, 0.5) is 4.39 Å². The molecule has 0 aliphatic heterocycles. The van der Waals surface area contributed by atoms with E-state index in [2.05, 4.69) is 6.92 Å². The number of rotatable bonds is 21. The minimum Gasteiger partial charge on any atom is -0.394 e. The van der Waals surface area contributed by atoms with E-state index in [1.165, 1.54) is 102 Å². The van der Waals surface area contributed by atoms with E-state index in [9.17, 15) is 9.50 Å². The Hall–Kier alpha value is -1.44. The van der Waals surface area contributed by atoms with Crippen molar-refractivity contribution in [3.05, 3.63) is 35.1 Å². The molecule has 0 saturated carbocycles. The predicted octanol–water partition coefficient (Wildman–Crippen LogP) is 8.23. The molecule has 0 aliphatic carbocycles. The van der Waals surface area contributed by atoms with E-state index in [1.54, 1.807) is 6.07 Å². The summed E-state index contributed by atoms with van der Waals surface area (Å²) in [5.74, 6) is -0.430. The summed E-state index contributed by atoms with van der Waals surface area (Å²) < 4.78 is 19.2. The number of aliphatic hydroxyl groups excluding tert-OH is 1. The summed E-state index contributed by atoms with van der Waals surface area (Å²) in [5.41, 5.74) is 0.925. The first-order valence-corrected chi connectivity index (χ1v) is 13.1. The number of unbranched alkanes of at least 4 members (excludes halogenated alkanes) is 15. The fourth-order valence-corrected chi connectivity index (χ4v) is 4.16. The molecule has 0 amide bonds. The van der Waals surface area contributed by atoms with Crippen molar-refractivity contribution in [2.75, 3.05) is 6.61 Å². The van der Waals surface area contributed by atoms with E-state index >= 15 is 0 Å². The van der Waals surface area contributed by atoms with Crippen molar-refractivity contribution in [1.82, 2.24) is 0 Å². The van der Waals surface area contributed by atoms with Gasteiger partial charge in [-0.05, 0) is 30.2 Å². The van der Waals surface area contributed by atoms with Crippen molar-refractivity contribution >= 4 is 0 Å². The smallest absolute Gasteiger partial charge is 0.124 e. The van der Waals surface area contributed by atoms with Crippen LogP contribution in [0.25, 0.3) is 0 Å². The molecule has 1 aromatic carbocycles. The minimum atomic E-state index is -0.430. The first kappa shape index (κ1) is 28.6. The Bertz CT molecular complexity index is 614. The fraction of sp³-hybridized carbons (Fsp3) is 0.750. The molecule has 1 rings (SSSR count). The molecular formula is C28H46FNO2. The number of nitrogens with zero attached hydrogens (tertiary/aromatic N) is 1. The van der Waals surface area contributed by atoms with Gasteiger partial charge in [-0.15, -0.1) is 0 Å². The Labute approximate surface area is 196 Å². The SMILES string of the molecule is CCCCCCCCCCCCCCCCCCC(CO)OCc1cc(F)cc(C#N)c1. The molecule has 0 fully saturated rings. The van der Waals surface area contributed by atoms with Crippen LogP contribution >= 0.6 is 0 Å². The van der Waals surface area contributed by atoms with Crippen molar-refractivity contribution in [1.29, 1.82) is 5.26 Å². The summed E-state index contributed by atoms with van der Waals surface area (Å²) in [6.07, 6.45) is 22.0. The van der Waals surface area contributed by atoms with Gasteiger partial charge in [-0.1, -0.05) is 110 Å². The van der Waals surface area contributed by atoms with Gasteiger partial charge in [0.15, 0.2) is 0 Å². The second-order valence-electron chi connectivity index (χ2n) is 9.17. The molecule has 0 saturated heterocycles. The van der Waals surface area contributed by atoms with Crippen LogP contribution in [0.2, 0.25) is 0 Å². The molecule has 1 aromatic rings. The van der Waals surface area contributed by atoms with Gasteiger partial charge in [0.05, 0.1) is 31.0 Å². The lowest BCUT2D eigenvalue weighted by Gasteiger charge is -2.15. The summed E-state index contributed by atoms with van der Waals surface area (Å²) in [4.78, 5) is 0. The van der Waals surface area contributed by atoms with Gasteiger partial charge in [-0.25, -0.2) is 4.39 Å². The molecule has 1 atom stereocenters. The molecule has 182 valence electrons. The van der Waals surface area contributed by atoms with Crippen molar-refractivity contribution in [2.45, 2.75) is 129 Å². The maximum Gasteiger partial charge on any atom is 0.124 e. The van der Waals surface area contributed by atoms with Gasteiger partial charge in [0.1, 0.15) is 5.82 Å². The first-order chi connectivity index (χ1) is 15.7. The van der Waals surface area contributed by atoms with Gasteiger partial charge < -0.3 is 9.84 Å². The topological polar surface area (TPSA) is 53.2 Å². The molecule has 1 unspecified atom stereocenters. The number of aliphatic hydroxyl groups is 1. The highest BCUT2D eigenvalue weighted by Crippen LogP contribution is 2.16. The number of halogens is 1. The molecule has 3 nitrogen and oxygen atoms in total. The van der Waals surface area contributed by atoms with E-state index in [0.717, 1.165) is 19.3 Å². The van der Waals surface area contributed by atoms with Crippen LogP contribution in [0.15, 0.2) is 18.2 Å². The zero-order chi connectivity index (χ0) is 23.3. The third-order valence-electron chi connectivity index (χ3n) is 6.16. The van der Waals surface area contributed by atoms with Gasteiger partial charge in [0, 0.05) is 0 Å².